The molecule has 3 nitrogen and oxygen atoms in total. The third kappa shape index (κ3) is 4.05. The summed E-state index contributed by atoms with van der Waals surface area (Å²) < 4.78 is 0. The Kier molecular flexibility index (Phi) is 4.95. The summed E-state index contributed by atoms with van der Waals surface area (Å²) in [4.78, 5) is 7.19. The zero-order valence-corrected chi connectivity index (χ0v) is 11.5. The van der Waals surface area contributed by atoms with E-state index < -0.39 is 0 Å². The van der Waals surface area contributed by atoms with E-state index in [0.29, 0.717) is 6.54 Å². The quantitative estimate of drug-likeness (QED) is 0.895. The van der Waals surface area contributed by atoms with Crippen molar-refractivity contribution in [3.63, 3.8) is 0 Å². The number of nitrogens with two attached hydrogens (primary N) is 1. The van der Waals surface area contributed by atoms with Crippen LogP contribution in [0.3, 0.4) is 0 Å². The standard InChI is InChI=1S/C13H23N3S/c1-11-3-2-7-16(8-5-11)9-12-10-17-13(15-12)4-6-14/h10-11H,2-9,14H2,1H3. The summed E-state index contributed by atoms with van der Waals surface area (Å²) in [5.74, 6) is 0.892. The van der Waals surface area contributed by atoms with Gasteiger partial charge in [-0.05, 0) is 44.8 Å². The van der Waals surface area contributed by atoms with Gasteiger partial charge in [0.05, 0.1) is 10.7 Å². The molecule has 0 saturated carbocycles. The second kappa shape index (κ2) is 6.47. The lowest BCUT2D eigenvalue weighted by Crippen LogP contribution is -2.24. The van der Waals surface area contributed by atoms with E-state index in [0.717, 1.165) is 18.9 Å². The summed E-state index contributed by atoms with van der Waals surface area (Å²) in [5, 5.41) is 3.38. The first-order valence-electron chi connectivity index (χ1n) is 6.63. The van der Waals surface area contributed by atoms with Gasteiger partial charge in [0, 0.05) is 18.3 Å². The second-order valence-corrected chi connectivity index (χ2v) is 6.03. The molecule has 1 aliphatic heterocycles. The average molecular weight is 253 g/mol. The maximum absolute atomic E-state index is 5.55. The third-order valence-corrected chi connectivity index (χ3v) is 4.41. The zero-order valence-electron chi connectivity index (χ0n) is 10.7. The maximum atomic E-state index is 5.55. The van der Waals surface area contributed by atoms with Crippen molar-refractivity contribution in [2.45, 2.75) is 39.2 Å². The molecule has 0 spiro atoms. The molecule has 1 aromatic rings. The van der Waals surface area contributed by atoms with Gasteiger partial charge in [-0.25, -0.2) is 4.98 Å². The molecule has 2 rings (SSSR count). The van der Waals surface area contributed by atoms with Crippen LogP contribution < -0.4 is 5.73 Å². The fourth-order valence-corrected chi connectivity index (χ4v) is 3.17. The number of hydrogen-bond donors (Lipinski definition) is 1. The van der Waals surface area contributed by atoms with Crippen LogP contribution in [0.15, 0.2) is 5.38 Å². The molecule has 1 unspecified atom stereocenters. The predicted octanol–water partition coefficient (Wildman–Crippen LogP) is 2.27. The van der Waals surface area contributed by atoms with E-state index in [1.807, 2.05) is 0 Å². The number of likely N-dealkylation sites (tertiary alicyclic amines) is 1. The van der Waals surface area contributed by atoms with E-state index in [1.165, 1.54) is 43.1 Å². The lowest BCUT2D eigenvalue weighted by atomic mass is 10.0. The Morgan fingerprint density at radius 1 is 1.47 bits per heavy atom. The summed E-state index contributed by atoms with van der Waals surface area (Å²) in [7, 11) is 0. The van der Waals surface area contributed by atoms with Crippen molar-refractivity contribution in [1.29, 1.82) is 0 Å². The van der Waals surface area contributed by atoms with Gasteiger partial charge >= 0.3 is 0 Å². The van der Waals surface area contributed by atoms with Crippen LogP contribution in [0.5, 0.6) is 0 Å². The largest absolute Gasteiger partial charge is 0.330 e. The number of rotatable bonds is 4. The molecular formula is C13H23N3S. The van der Waals surface area contributed by atoms with Crippen LogP contribution in [0.25, 0.3) is 0 Å². The highest BCUT2D eigenvalue weighted by molar-refractivity contribution is 7.09. The Hall–Kier alpha value is -0.450. The molecule has 0 radical (unpaired) electrons. The first-order valence-corrected chi connectivity index (χ1v) is 7.51. The molecule has 1 aliphatic rings. The summed E-state index contributed by atoms with van der Waals surface area (Å²) in [6, 6.07) is 0. The van der Waals surface area contributed by atoms with E-state index in [4.69, 9.17) is 5.73 Å². The predicted molar refractivity (Wildman–Crippen MR) is 73.2 cm³/mol. The van der Waals surface area contributed by atoms with Gasteiger partial charge in [0.25, 0.3) is 0 Å². The van der Waals surface area contributed by atoms with Crippen LogP contribution in [-0.2, 0) is 13.0 Å². The Labute approximate surface area is 108 Å². The molecule has 1 saturated heterocycles. The van der Waals surface area contributed by atoms with Gasteiger partial charge in [0.15, 0.2) is 0 Å². The average Bonchev–Trinajstić information content (AvgIpc) is 2.63. The van der Waals surface area contributed by atoms with Crippen molar-refractivity contribution in [3.8, 4) is 0 Å². The van der Waals surface area contributed by atoms with Crippen molar-refractivity contribution in [2.24, 2.45) is 11.7 Å². The first-order chi connectivity index (χ1) is 8.28. The molecule has 1 atom stereocenters. The summed E-state index contributed by atoms with van der Waals surface area (Å²) in [5.41, 5.74) is 6.78. The summed E-state index contributed by atoms with van der Waals surface area (Å²) in [6.07, 6.45) is 4.97. The molecule has 1 fully saturated rings. The van der Waals surface area contributed by atoms with Gasteiger partial charge in [-0.3, -0.25) is 4.90 Å². The molecule has 2 N–H and O–H groups in total. The minimum Gasteiger partial charge on any atom is -0.330 e. The molecule has 96 valence electrons. The monoisotopic (exact) mass is 253 g/mol. The van der Waals surface area contributed by atoms with Gasteiger partial charge in [-0.1, -0.05) is 6.92 Å². The lowest BCUT2D eigenvalue weighted by molar-refractivity contribution is 0.271. The molecule has 1 aromatic heterocycles. The van der Waals surface area contributed by atoms with E-state index in [2.05, 4.69) is 22.2 Å². The zero-order chi connectivity index (χ0) is 12.1. The molecule has 2 heterocycles. The summed E-state index contributed by atoms with van der Waals surface area (Å²) in [6.45, 7) is 6.55. The maximum Gasteiger partial charge on any atom is 0.0941 e. The smallest absolute Gasteiger partial charge is 0.0941 e. The van der Waals surface area contributed by atoms with Crippen molar-refractivity contribution >= 4 is 11.3 Å². The van der Waals surface area contributed by atoms with E-state index >= 15 is 0 Å². The molecule has 17 heavy (non-hydrogen) atoms. The Morgan fingerprint density at radius 2 is 2.35 bits per heavy atom. The molecule has 0 aliphatic carbocycles. The lowest BCUT2D eigenvalue weighted by Gasteiger charge is -2.18. The van der Waals surface area contributed by atoms with E-state index in [-0.39, 0.29) is 0 Å². The minimum atomic E-state index is 0.703. The highest BCUT2D eigenvalue weighted by Gasteiger charge is 2.14. The number of thiazole rings is 1. The topological polar surface area (TPSA) is 42.1 Å². The van der Waals surface area contributed by atoms with Gasteiger partial charge in [-0.15, -0.1) is 11.3 Å². The molecular weight excluding hydrogens is 230 g/mol. The van der Waals surface area contributed by atoms with Crippen molar-refractivity contribution in [2.75, 3.05) is 19.6 Å². The number of nitrogens with zero attached hydrogens (tertiary/aromatic N) is 2. The van der Waals surface area contributed by atoms with Gasteiger partial charge in [-0.2, -0.15) is 0 Å². The van der Waals surface area contributed by atoms with Crippen LogP contribution in [0.4, 0.5) is 0 Å². The van der Waals surface area contributed by atoms with Gasteiger partial charge < -0.3 is 5.73 Å². The van der Waals surface area contributed by atoms with Crippen molar-refractivity contribution in [3.05, 3.63) is 16.1 Å². The van der Waals surface area contributed by atoms with Gasteiger partial charge in [0.1, 0.15) is 0 Å². The highest BCUT2D eigenvalue weighted by Crippen LogP contribution is 2.19. The molecule has 0 aromatic carbocycles. The fourth-order valence-electron chi connectivity index (χ4n) is 2.37. The Morgan fingerprint density at radius 3 is 3.18 bits per heavy atom. The summed E-state index contributed by atoms with van der Waals surface area (Å²) >= 11 is 1.75. The van der Waals surface area contributed by atoms with Gasteiger partial charge in [0.2, 0.25) is 0 Å². The van der Waals surface area contributed by atoms with Crippen molar-refractivity contribution < 1.29 is 0 Å². The first kappa shape index (κ1) is 13.0. The fraction of sp³-hybridized carbons (Fsp3) is 0.769. The van der Waals surface area contributed by atoms with Crippen LogP contribution in [0.2, 0.25) is 0 Å². The normalized spacial score (nSPS) is 22.6. The Balaban J connectivity index is 1.86. The Bertz CT molecular complexity index is 337. The third-order valence-electron chi connectivity index (χ3n) is 3.45. The van der Waals surface area contributed by atoms with Crippen LogP contribution in [0, 0.1) is 5.92 Å². The minimum absolute atomic E-state index is 0.703. The number of hydrogen-bond acceptors (Lipinski definition) is 4. The highest BCUT2D eigenvalue weighted by atomic mass is 32.1. The van der Waals surface area contributed by atoms with E-state index in [1.54, 1.807) is 11.3 Å². The number of aromatic nitrogens is 1. The van der Waals surface area contributed by atoms with E-state index in [9.17, 15) is 0 Å². The van der Waals surface area contributed by atoms with Crippen LogP contribution >= 0.6 is 11.3 Å². The van der Waals surface area contributed by atoms with Crippen LogP contribution in [0.1, 0.15) is 36.9 Å². The van der Waals surface area contributed by atoms with Crippen molar-refractivity contribution in [1.82, 2.24) is 9.88 Å². The molecule has 4 heteroatoms. The second-order valence-electron chi connectivity index (χ2n) is 5.08. The SMILES string of the molecule is CC1CCCN(Cc2csc(CCN)n2)CC1. The molecule has 0 bridgehead atoms. The van der Waals surface area contributed by atoms with Crippen LogP contribution in [-0.4, -0.2) is 29.5 Å². The molecule has 0 amide bonds.